The number of carbonyl (C=O) groups is 2. The van der Waals surface area contributed by atoms with E-state index in [4.69, 9.17) is 4.74 Å². The standard InChI is InChI=1S/C63H111NO5/c1-4-7-10-13-16-19-22-25-28-30-31-33-35-38-41-44-47-50-53-56-63(68)69-59(54-51-48-45-42-39-36-27-24-21-18-15-12-9-6-3)57-62(67)64-60(58-65)61(66)55-52-49-46-43-40-37-34-32-29-26-23-20-17-14-11-8-5-2/h9,12,16,18-19,21,25,27-28,31,33,36,38,41,59-61,65-66H,4-8,10-11,13-15,17,20,22-24,26,29-30,32,34-35,37,39-40,42-58H2,1-3H3,(H,64,67)/b12-9+,19-16-,21-18+,28-25-,33-31-,36-27+,41-38-. The Morgan fingerprint density at radius 1 is 0.435 bits per heavy atom. The van der Waals surface area contributed by atoms with E-state index in [1.165, 1.54) is 116 Å². The lowest BCUT2D eigenvalue weighted by molar-refractivity contribution is -0.151. The molecule has 0 aliphatic rings. The molecular formula is C63H111NO5. The van der Waals surface area contributed by atoms with Gasteiger partial charge in [-0.25, -0.2) is 0 Å². The van der Waals surface area contributed by atoms with Crippen LogP contribution in [0.15, 0.2) is 85.1 Å². The van der Waals surface area contributed by atoms with Crippen LogP contribution in [0, 0.1) is 0 Å². The van der Waals surface area contributed by atoms with E-state index < -0.39 is 18.2 Å². The average molecular weight is 963 g/mol. The van der Waals surface area contributed by atoms with E-state index in [1.54, 1.807) is 0 Å². The minimum absolute atomic E-state index is 0.0463. The van der Waals surface area contributed by atoms with Gasteiger partial charge in [-0.2, -0.15) is 0 Å². The van der Waals surface area contributed by atoms with Crippen molar-refractivity contribution in [3.05, 3.63) is 85.1 Å². The van der Waals surface area contributed by atoms with Crippen molar-refractivity contribution in [3.63, 3.8) is 0 Å². The Hall–Kier alpha value is -2.96. The molecule has 0 radical (unpaired) electrons. The number of allylic oxidation sites excluding steroid dienone is 14. The molecule has 0 heterocycles. The van der Waals surface area contributed by atoms with Gasteiger partial charge < -0.3 is 20.3 Å². The third-order valence-corrected chi connectivity index (χ3v) is 13.0. The van der Waals surface area contributed by atoms with Gasteiger partial charge in [0.25, 0.3) is 0 Å². The van der Waals surface area contributed by atoms with Crippen molar-refractivity contribution in [1.82, 2.24) is 5.32 Å². The highest BCUT2D eigenvalue weighted by atomic mass is 16.5. The van der Waals surface area contributed by atoms with Gasteiger partial charge >= 0.3 is 5.97 Å². The zero-order valence-electron chi connectivity index (χ0n) is 45.4. The normalized spacial score (nSPS) is 13.8. The lowest BCUT2D eigenvalue weighted by Crippen LogP contribution is -2.46. The van der Waals surface area contributed by atoms with Crippen molar-refractivity contribution in [2.24, 2.45) is 0 Å². The maximum atomic E-state index is 13.3. The Labute approximate surface area is 427 Å². The molecule has 0 bridgehead atoms. The Bertz CT molecular complexity index is 1310. The van der Waals surface area contributed by atoms with Gasteiger partial charge in [0.05, 0.1) is 25.2 Å². The van der Waals surface area contributed by atoms with Gasteiger partial charge in [-0.1, -0.05) is 247 Å². The average Bonchev–Trinajstić information content (AvgIpc) is 3.34. The lowest BCUT2D eigenvalue weighted by Gasteiger charge is -2.24. The molecule has 0 aliphatic heterocycles. The Morgan fingerprint density at radius 2 is 0.783 bits per heavy atom. The van der Waals surface area contributed by atoms with Crippen LogP contribution in [-0.4, -0.2) is 46.9 Å². The number of aliphatic hydroxyl groups is 2. The molecule has 0 aromatic heterocycles. The maximum absolute atomic E-state index is 13.3. The van der Waals surface area contributed by atoms with Crippen LogP contribution >= 0.6 is 0 Å². The molecule has 0 fully saturated rings. The second kappa shape index (κ2) is 56.0. The Morgan fingerprint density at radius 3 is 1.22 bits per heavy atom. The number of hydrogen-bond donors (Lipinski definition) is 3. The zero-order chi connectivity index (χ0) is 50.2. The van der Waals surface area contributed by atoms with E-state index in [0.29, 0.717) is 19.3 Å². The Balaban J connectivity index is 4.61. The number of ether oxygens (including phenoxy) is 1. The summed E-state index contributed by atoms with van der Waals surface area (Å²) in [7, 11) is 0. The van der Waals surface area contributed by atoms with E-state index >= 15 is 0 Å². The topological polar surface area (TPSA) is 95.9 Å². The third-order valence-electron chi connectivity index (χ3n) is 13.0. The fourth-order valence-corrected chi connectivity index (χ4v) is 8.55. The smallest absolute Gasteiger partial charge is 0.306 e. The van der Waals surface area contributed by atoms with Crippen molar-refractivity contribution < 1.29 is 24.5 Å². The van der Waals surface area contributed by atoms with Gasteiger partial charge in [0.1, 0.15) is 6.10 Å². The molecule has 1 amide bonds. The first kappa shape index (κ1) is 66.0. The van der Waals surface area contributed by atoms with Gasteiger partial charge in [0.15, 0.2) is 0 Å². The van der Waals surface area contributed by atoms with Crippen LogP contribution in [0.3, 0.4) is 0 Å². The molecule has 0 spiro atoms. The van der Waals surface area contributed by atoms with E-state index in [-0.39, 0.29) is 24.9 Å². The van der Waals surface area contributed by atoms with Crippen LogP contribution in [0.25, 0.3) is 0 Å². The van der Waals surface area contributed by atoms with Crippen LogP contribution in [0.5, 0.6) is 0 Å². The fourth-order valence-electron chi connectivity index (χ4n) is 8.55. The summed E-state index contributed by atoms with van der Waals surface area (Å²) >= 11 is 0. The maximum Gasteiger partial charge on any atom is 0.306 e. The molecule has 0 aromatic rings. The molecule has 398 valence electrons. The van der Waals surface area contributed by atoms with Gasteiger partial charge in [0, 0.05) is 6.42 Å². The van der Waals surface area contributed by atoms with Crippen LogP contribution in [-0.2, 0) is 14.3 Å². The highest BCUT2D eigenvalue weighted by Gasteiger charge is 2.24. The van der Waals surface area contributed by atoms with Crippen molar-refractivity contribution in [2.75, 3.05) is 6.61 Å². The second-order valence-electron chi connectivity index (χ2n) is 19.7. The molecule has 3 unspecified atom stereocenters. The largest absolute Gasteiger partial charge is 0.462 e. The van der Waals surface area contributed by atoms with Gasteiger partial charge in [0.2, 0.25) is 5.91 Å². The first-order chi connectivity index (χ1) is 34.0. The summed E-state index contributed by atoms with van der Waals surface area (Å²) in [6.07, 6.45) is 73.6. The number of nitrogens with one attached hydrogen (secondary N) is 1. The molecule has 0 aliphatic carbocycles. The van der Waals surface area contributed by atoms with Gasteiger partial charge in [-0.3, -0.25) is 9.59 Å². The van der Waals surface area contributed by atoms with Crippen LogP contribution < -0.4 is 5.32 Å². The van der Waals surface area contributed by atoms with Crippen LogP contribution in [0.4, 0.5) is 0 Å². The molecule has 0 saturated heterocycles. The summed E-state index contributed by atoms with van der Waals surface area (Å²) in [5.74, 6) is -0.531. The predicted octanol–water partition coefficient (Wildman–Crippen LogP) is 18.3. The fraction of sp³-hybridized carbons (Fsp3) is 0.746. The quantitative estimate of drug-likeness (QED) is 0.0321. The summed E-state index contributed by atoms with van der Waals surface area (Å²) in [4.78, 5) is 26.3. The third kappa shape index (κ3) is 51.2. The summed E-state index contributed by atoms with van der Waals surface area (Å²) in [6.45, 7) is 6.35. The minimum Gasteiger partial charge on any atom is -0.462 e. The molecule has 0 saturated carbocycles. The van der Waals surface area contributed by atoms with Crippen molar-refractivity contribution in [3.8, 4) is 0 Å². The predicted molar refractivity (Wildman–Crippen MR) is 301 cm³/mol. The summed E-state index contributed by atoms with van der Waals surface area (Å²) in [5.41, 5.74) is 0. The molecule has 6 nitrogen and oxygen atoms in total. The first-order valence-corrected chi connectivity index (χ1v) is 29.3. The monoisotopic (exact) mass is 962 g/mol. The van der Waals surface area contributed by atoms with E-state index in [0.717, 1.165) is 116 Å². The highest BCUT2D eigenvalue weighted by Crippen LogP contribution is 2.18. The second-order valence-corrected chi connectivity index (χ2v) is 19.7. The molecule has 6 heteroatoms. The molecule has 3 N–H and O–H groups in total. The molecule has 3 atom stereocenters. The van der Waals surface area contributed by atoms with Crippen LogP contribution in [0.1, 0.15) is 278 Å². The minimum atomic E-state index is -0.805. The number of amides is 1. The first-order valence-electron chi connectivity index (χ1n) is 29.3. The number of hydrogen-bond acceptors (Lipinski definition) is 5. The summed E-state index contributed by atoms with van der Waals surface area (Å²) < 4.78 is 5.94. The van der Waals surface area contributed by atoms with Gasteiger partial charge in [-0.05, 0) is 103 Å². The van der Waals surface area contributed by atoms with Crippen LogP contribution in [0.2, 0.25) is 0 Å². The molecule has 0 aromatic carbocycles. The van der Waals surface area contributed by atoms with Crippen molar-refractivity contribution in [2.45, 2.75) is 296 Å². The molecular weight excluding hydrogens is 851 g/mol. The number of unbranched alkanes of at least 4 members (excludes halogenated alkanes) is 26. The van der Waals surface area contributed by atoms with Crippen molar-refractivity contribution >= 4 is 11.9 Å². The van der Waals surface area contributed by atoms with E-state index in [2.05, 4.69) is 111 Å². The summed E-state index contributed by atoms with van der Waals surface area (Å²) in [5, 5.41) is 23.9. The van der Waals surface area contributed by atoms with E-state index in [1.807, 2.05) is 0 Å². The van der Waals surface area contributed by atoms with E-state index in [9.17, 15) is 19.8 Å². The molecule has 0 rings (SSSR count). The number of esters is 1. The SMILES string of the molecule is CC/C=C/C/C=C/C/C=C/CCCCCCC(CC(=O)NC(CO)C(O)CCCCCCCCCCCCCCCCCCC)OC(=O)CCCCC/C=C\C/C=C\C/C=C\C/C=C\CCCCC. The van der Waals surface area contributed by atoms with Gasteiger partial charge in [-0.15, -0.1) is 0 Å². The lowest BCUT2D eigenvalue weighted by atomic mass is 10.0. The van der Waals surface area contributed by atoms with Crippen molar-refractivity contribution in [1.29, 1.82) is 0 Å². The number of aliphatic hydroxyl groups excluding tert-OH is 2. The summed E-state index contributed by atoms with van der Waals surface area (Å²) in [6, 6.07) is -0.721. The number of rotatable bonds is 52. The zero-order valence-corrected chi connectivity index (χ0v) is 45.4. The molecule has 69 heavy (non-hydrogen) atoms. The highest BCUT2D eigenvalue weighted by molar-refractivity contribution is 5.77. The number of carbonyl (C=O) groups excluding carboxylic acids is 2. The Kier molecular flexibility index (Phi) is 53.6.